The Kier molecular flexibility index (Phi) is 5.35. The highest BCUT2D eigenvalue weighted by molar-refractivity contribution is 7.89. The van der Waals surface area contributed by atoms with Crippen LogP contribution in [0.25, 0.3) is 0 Å². The van der Waals surface area contributed by atoms with E-state index in [0.29, 0.717) is 10.6 Å². The van der Waals surface area contributed by atoms with E-state index >= 15 is 0 Å². The van der Waals surface area contributed by atoms with Gasteiger partial charge in [-0.1, -0.05) is 23.7 Å². The van der Waals surface area contributed by atoms with Gasteiger partial charge in [-0.2, -0.15) is 0 Å². The molecule has 0 fully saturated rings. The van der Waals surface area contributed by atoms with Crippen LogP contribution in [-0.4, -0.2) is 14.3 Å². The lowest BCUT2D eigenvalue weighted by molar-refractivity contribution is -0.118. The minimum absolute atomic E-state index is 0.00141. The van der Waals surface area contributed by atoms with Crippen molar-refractivity contribution in [1.82, 2.24) is 4.72 Å². The summed E-state index contributed by atoms with van der Waals surface area (Å²) in [6.07, 6.45) is -0.252. The van der Waals surface area contributed by atoms with E-state index in [2.05, 4.69) is 4.72 Å². The molecule has 0 aromatic heterocycles. The molecule has 2 aromatic rings. The molecule has 0 aliphatic carbocycles. The molecule has 0 saturated carbocycles. The van der Waals surface area contributed by atoms with Crippen LogP contribution >= 0.6 is 11.6 Å². The Morgan fingerprint density at radius 1 is 1.13 bits per heavy atom. The molecule has 2 aromatic carbocycles. The maximum Gasteiger partial charge on any atom is 0.241 e. The third-order valence-corrected chi connectivity index (χ3v) is 4.84. The van der Waals surface area contributed by atoms with Crippen LogP contribution in [0, 0.1) is 5.82 Å². The largest absolute Gasteiger partial charge is 0.370 e. The summed E-state index contributed by atoms with van der Waals surface area (Å²) in [6, 6.07) is 9.83. The second-order valence-corrected chi connectivity index (χ2v) is 7.00. The van der Waals surface area contributed by atoms with Crippen molar-refractivity contribution in [3.63, 3.8) is 0 Å². The molecule has 1 amide bonds. The van der Waals surface area contributed by atoms with Crippen molar-refractivity contribution in [2.75, 3.05) is 0 Å². The van der Waals surface area contributed by atoms with Crippen LogP contribution in [0.2, 0.25) is 5.02 Å². The van der Waals surface area contributed by atoms with Crippen molar-refractivity contribution < 1.29 is 17.6 Å². The van der Waals surface area contributed by atoms with Gasteiger partial charge in [0, 0.05) is 11.4 Å². The standard InChI is InChI=1S/C15H14ClFN2O3S/c16-11-3-7-13(8-4-11)23(21,22)19-14(9-15(18)20)10-1-5-12(17)6-2-10/h1-8,14,19H,9H2,(H2,18,20). The van der Waals surface area contributed by atoms with E-state index in [1.54, 1.807) is 0 Å². The van der Waals surface area contributed by atoms with Gasteiger partial charge in [-0.05, 0) is 42.0 Å². The van der Waals surface area contributed by atoms with Crippen LogP contribution in [-0.2, 0) is 14.8 Å². The molecule has 0 saturated heterocycles. The maximum atomic E-state index is 13.0. The summed E-state index contributed by atoms with van der Waals surface area (Å²) >= 11 is 5.74. The number of primary amides is 1. The highest BCUT2D eigenvalue weighted by Crippen LogP contribution is 2.21. The fraction of sp³-hybridized carbons (Fsp3) is 0.133. The van der Waals surface area contributed by atoms with Crippen molar-refractivity contribution in [3.05, 3.63) is 64.9 Å². The molecular weight excluding hydrogens is 343 g/mol. The van der Waals surface area contributed by atoms with Crippen LogP contribution < -0.4 is 10.5 Å². The number of benzene rings is 2. The van der Waals surface area contributed by atoms with Gasteiger partial charge in [-0.3, -0.25) is 4.79 Å². The monoisotopic (exact) mass is 356 g/mol. The number of halogens is 2. The molecule has 0 aliphatic heterocycles. The Bertz CT molecular complexity index is 792. The van der Waals surface area contributed by atoms with Crippen molar-refractivity contribution in [3.8, 4) is 0 Å². The van der Waals surface area contributed by atoms with Crippen LogP contribution in [0.1, 0.15) is 18.0 Å². The molecule has 2 rings (SSSR count). The van der Waals surface area contributed by atoms with Gasteiger partial charge in [0.05, 0.1) is 10.9 Å². The second-order valence-electron chi connectivity index (χ2n) is 4.85. The topological polar surface area (TPSA) is 89.3 Å². The third kappa shape index (κ3) is 4.75. The van der Waals surface area contributed by atoms with Crippen LogP contribution in [0.3, 0.4) is 0 Å². The normalized spacial score (nSPS) is 12.8. The molecule has 0 aliphatic rings. The average Bonchev–Trinajstić information content (AvgIpc) is 2.47. The van der Waals surface area contributed by atoms with E-state index in [1.807, 2.05) is 0 Å². The quantitative estimate of drug-likeness (QED) is 0.832. The predicted molar refractivity (Wildman–Crippen MR) is 84.7 cm³/mol. The van der Waals surface area contributed by atoms with Gasteiger partial charge < -0.3 is 5.73 Å². The Balaban J connectivity index is 2.31. The van der Waals surface area contributed by atoms with E-state index in [1.165, 1.54) is 48.5 Å². The summed E-state index contributed by atoms with van der Waals surface area (Å²) in [4.78, 5) is 11.2. The van der Waals surface area contributed by atoms with Gasteiger partial charge in [0.1, 0.15) is 5.82 Å². The van der Waals surface area contributed by atoms with Gasteiger partial charge in [0.15, 0.2) is 0 Å². The zero-order valence-electron chi connectivity index (χ0n) is 11.9. The Hall–Kier alpha value is -1.96. The molecule has 0 heterocycles. The lowest BCUT2D eigenvalue weighted by Crippen LogP contribution is -2.31. The molecule has 0 bridgehead atoms. The molecule has 1 atom stereocenters. The molecule has 1 unspecified atom stereocenters. The van der Waals surface area contributed by atoms with Crippen LogP contribution in [0.5, 0.6) is 0 Å². The first-order valence-electron chi connectivity index (χ1n) is 6.59. The van der Waals surface area contributed by atoms with E-state index in [-0.39, 0.29) is 11.3 Å². The predicted octanol–water partition coefficient (Wildman–Crippen LogP) is 2.37. The molecule has 0 radical (unpaired) electrons. The number of rotatable bonds is 6. The highest BCUT2D eigenvalue weighted by Gasteiger charge is 2.23. The van der Waals surface area contributed by atoms with Crippen LogP contribution in [0.4, 0.5) is 4.39 Å². The van der Waals surface area contributed by atoms with Gasteiger partial charge in [0.25, 0.3) is 0 Å². The zero-order valence-corrected chi connectivity index (χ0v) is 13.4. The Morgan fingerprint density at radius 2 is 1.70 bits per heavy atom. The fourth-order valence-electron chi connectivity index (χ4n) is 1.99. The molecule has 5 nitrogen and oxygen atoms in total. The minimum atomic E-state index is -3.89. The number of hydrogen-bond donors (Lipinski definition) is 2. The molecule has 122 valence electrons. The van der Waals surface area contributed by atoms with Gasteiger partial charge in [-0.25, -0.2) is 17.5 Å². The number of carbonyl (C=O) groups excluding carboxylic acids is 1. The number of hydrogen-bond acceptors (Lipinski definition) is 3. The average molecular weight is 357 g/mol. The summed E-state index contributed by atoms with van der Waals surface area (Å²) in [7, 11) is -3.89. The number of nitrogens with one attached hydrogen (secondary N) is 1. The first-order chi connectivity index (χ1) is 10.8. The van der Waals surface area contributed by atoms with Crippen LogP contribution in [0.15, 0.2) is 53.4 Å². The summed E-state index contributed by atoms with van der Waals surface area (Å²) < 4.78 is 40.2. The second kappa shape index (κ2) is 7.08. The summed E-state index contributed by atoms with van der Waals surface area (Å²) in [5, 5.41) is 0.399. The SMILES string of the molecule is NC(=O)CC(NS(=O)(=O)c1ccc(Cl)cc1)c1ccc(F)cc1. The van der Waals surface area contributed by atoms with Crippen molar-refractivity contribution in [2.45, 2.75) is 17.4 Å². The van der Waals surface area contributed by atoms with Crippen molar-refractivity contribution in [2.24, 2.45) is 5.73 Å². The zero-order chi connectivity index (χ0) is 17.0. The molecular formula is C15H14ClFN2O3S. The fourth-order valence-corrected chi connectivity index (χ4v) is 3.34. The summed E-state index contributed by atoms with van der Waals surface area (Å²) in [5.74, 6) is -1.15. The Morgan fingerprint density at radius 3 is 2.22 bits per heavy atom. The minimum Gasteiger partial charge on any atom is -0.370 e. The third-order valence-electron chi connectivity index (χ3n) is 3.10. The number of carbonyl (C=O) groups is 1. The van der Waals surface area contributed by atoms with Gasteiger partial charge >= 0.3 is 0 Å². The van der Waals surface area contributed by atoms with E-state index in [4.69, 9.17) is 17.3 Å². The molecule has 23 heavy (non-hydrogen) atoms. The number of nitrogens with two attached hydrogens (primary N) is 1. The maximum absolute atomic E-state index is 13.0. The van der Waals surface area contributed by atoms with Gasteiger partial charge in [-0.15, -0.1) is 0 Å². The smallest absolute Gasteiger partial charge is 0.241 e. The van der Waals surface area contributed by atoms with E-state index < -0.39 is 27.8 Å². The Labute approximate surface area is 138 Å². The van der Waals surface area contributed by atoms with E-state index in [9.17, 15) is 17.6 Å². The highest BCUT2D eigenvalue weighted by atomic mass is 35.5. The first-order valence-corrected chi connectivity index (χ1v) is 8.46. The van der Waals surface area contributed by atoms with Crippen molar-refractivity contribution in [1.29, 1.82) is 0 Å². The molecule has 3 N–H and O–H groups in total. The van der Waals surface area contributed by atoms with E-state index in [0.717, 1.165) is 0 Å². The molecule has 0 spiro atoms. The summed E-state index contributed by atoms with van der Waals surface area (Å²) in [6.45, 7) is 0. The van der Waals surface area contributed by atoms with Crippen molar-refractivity contribution >= 4 is 27.5 Å². The number of amides is 1. The lowest BCUT2D eigenvalue weighted by Gasteiger charge is -2.18. The molecule has 8 heteroatoms. The lowest BCUT2D eigenvalue weighted by atomic mass is 10.0. The number of sulfonamides is 1. The van der Waals surface area contributed by atoms with Gasteiger partial charge in [0.2, 0.25) is 15.9 Å². The summed E-state index contributed by atoms with van der Waals surface area (Å²) in [5.41, 5.74) is 5.61. The first kappa shape index (κ1) is 17.4.